The molecule has 1 N–H and O–H groups in total. The van der Waals surface area contributed by atoms with Crippen LogP contribution in [-0.4, -0.2) is 72.4 Å². The summed E-state index contributed by atoms with van der Waals surface area (Å²) >= 11 is 0. The maximum Gasteiger partial charge on any atom is 0.320 e. The summed E-state index contributed by atoms with van der Waals surface area (Å²) in [4.78, 5) is 15.7. The number of likely N-dealkylation sites (tertiary alicyclic amines) is 2. The predicted molar refractivity (Wildman–Crippen MR) is 77.9 cm³/mol. The Bertz CT molecular complexity index is 297. The van der Waals surface area contributed by atoms with E-state index in [0.29, 0.717) is 12.5 Å². The van der Waals surface area contributed by atoms with Gasteiger partial charge >= 0.3 is 5.97 Å². The van der Waals surface area contributed by atoms with E-state index in [1.165, 1.54) is 25.9 Å². The zero-order chi connectivity index (χ0) is 14.4. The third kappa shape index (κ3) is 4.43. The van der Waals surface area contributed by atoms with E-state index in [0.717, 1.165) is 39.1 Å². The Labute approximate surface area is 121 Å². The first kappa shape index (κ1) is 15.7. The summed E-state index contributed by atoms with van der Waals surface area (Å²) in [6, 6.07) is -0.319. The number of nitrogens with zero attached hydrogens (tertiary/aromatic N) is 2. The molecular weight excluding hydrogens is 256 g/mol. The fourth-order valence-electron chi connectivity index (χ4n) is 3.30. The van der Waals surface area contributed by atoms with Crippen LogP contribution in [0.3, 0.4) is 0 Å². The number of carboxylic acid groups (broad SMARTS) is 1. The Kier molecular flexibility index (Phi) is 6.26. The minimum atomic E-state index is -0.694. The molecule has 0 saturated carbocycles. The van der Waals surface area contributed by atoms with Crippen molar-refractivity contribution in [2.75, 3.05) is 39.3 Å². The number of ether oxygens (including phenoxy) is 1. The molecule has 2 aliphatic rings. The highest BCUT2D eigenvalue weighted by Crippen LogP contribution is 2.18. The molecule has 0 bridgehead atoms. The molecule has 2 aliphatic heterocycles. The van der Waals surface area contributed by atoms with Gasteiger partial charge in [0.15, 0.2) is 0 Å². The molecule has 116 valence electrons. The van der Waals surface area contributed by atoms with E-state index < -0.39 is 5.97 Å². The largest absolute Gasteiger partial charge is 0.480 e. The predicted octanol–water partition coefficient (Wildman–Crippen LogP) is 1.43. The van der Waals surface area contributed by atoms with Gasteiger partial charge in [-0.25, -0.2) is 0 Å². The highest BCUT2D eigenvalue weighted by Gasteiger charge is 2.28. The summed E-state index contributed by atoms with van der Waals surface area (Å²) < 4.78 is 5.95. The minimum Gasteiger partial charge on any atom is -0.480 e. The quantitative estimate of drug-likeness (QED) is 0.766. The van der Waals surface area contributed by atoms with E-state index in [4.69, 9.17) is 4.74 Å². The molecule has 2 saturated heterocycles. The van der Waals surface area contributed by atoms with Gasteiger partial charge in [0.2, 0.25) is 0 Å². The Morgan fingerprint density at radius 3 is 2.45 bits per heavy atom. The first-order valence-electron chi connectivity index (χ1n) is 8.01. The Morgan fingerprint density at radius 2 is 1.90 bits per heavy atom. The summed E-state index contributed by atoms with van der Waals surface area (Å²) in [5, 5.41) is 9.18. The summed E-state index contributed by atoms with van der Waals surface area (Å²) in [6.45, 7) is 7.95. The fourth-order valence-corrected chi connectivity index (χ4v) is 3.30. The van der Waals surface area contributed by atoms with Crippen LogP contribution in [-0.2, 0) is 9.53 Å². The van der Waals surface area contributed by atoms with Crippen molar-refractivity contribution in [3.8, 4) is 0 Å². The summed E-state index contributed by atoms with van der Waals surface area (Å²) in [6.07, 6.45) is 5.57. The maximum atomic E-state index is 11.2. The van der Waals surface area contributed by atoms with Gasteiger partial charge in [0.25, 0.3) is 0 Å². The third-order valence-electron chi connectivity index (χ3n) is 4.55. The van der Waals surface area contributed by atoms with Crippen molar-refractivity contribution in [1.82, 2.24) is 9.80 Å². The molecular formula is C15H28N2O3. The highest BCUT2D eigenvalue weighted by molar-refractivity contribution is 5.73. The molecule has 2 fully saturated rings. The van der Waals surface area contributed by atoms with E-state index in [-0.39, 0.29) is 6.04 Å². The van der Waals surface area contributed by atoms with Crippen molar-refractivity contribution >= 4 is 5.97 Å². The lowest BCUT2D eigenvalue weighted by Gasteiger charge is -2.35. The zero-order valence-corrected chi connectivity index (χ0v) is 12.6. The van der Waals surface area contributed by atoms with Crippen LogP contribution in [0.1, 0.15) is 39.0 Å². The van der Waals surface area contributed by atoms with Gasteiger partial charge in [-0.15, -0.1) is 0 Å². The molecule has 1 atom stereocenters. The topological polar surface area (TPSA) is 53.0 Å². The SMILES string of the molecule is CCC(C(=O)O)N1CCC(OCCN2CCCC2)CC1. The Hall–Kier alpha value is -0.650. The third-order valence-corrected chi connectivity index (χ3v) is 4.55. The number of hydrogen-bond donors (Lipinski definition) is 1. The Morgan fingerprint density at radius 1 is 1.25 bits per heavy atom. The van der Waals surface area contributed by atoms with Crippen molar-refractivity contribution in [3.63, 3.8) is 0 Å². The van der Waals surface area contributed by atoms with Crippen LogP contribution < -0.4 is 0 Å². The number of piperidine rings is 1. The van der Waals surface area contributed by atoms with Crippen LogP contribution in [0.5, 0.6) is 0 Å². The summed E-state index contributed by atoms with van der Waals surface area (Å²) in [5.74, 6) is -0.694. The van der Waals surface area contributed by atoms with Gasteiger partial charge in [0, 0.05) is 19.6 Å². The zero-order valence-electron chi connectivity index (χ0n) is 12.6. The molecule has 1 unspecified atom stereocenters. The van der Waals surface area contributed by atoms with Gasteiger partial charge in [-0.2, -0.15) is 0 Å². The van der Waals surface area contributed by atoms with Crippen molar-refractivity contribution < 1.29 is 14.6 Å². The highest BCUT2D eigenvalue weighted by atomic mass is 16.5. The second kappa shape index (κ2) is 7.96. The van der Waals surface area contributed by atoms with Gasteiger partial charge < -0.3 is 14.7 Å². The van der Waals surface area contributed by atoms with Crippen LogP contribution in [0.15, 0.2) is 0 Å². The molecule has 5 heteroatoms. The van der Waals surface area contributed by atoms with Crippen molar-refractivity contribution in [2.24, 2.45) is 0 Å². The lowest BCUT2D eigenvalue weighted by Crippen LogP contribution is -2.47. The molecule has 0 aromatic rings. The molecule has 0 aromatic heterocycles. The number of aliphatic carboxylic acids is 1. The monoisotopic (exact) mass is 284 g/mol. The normalized spacial score (nSPS) is 24.1. The lowest BCUT2D eigenvalue weighted by molar-refractivity contribution is -0.144. The molecule has 0 spiro atoms. The average molecular weight is 284 g/mol. The van der Waals surface area contributed by atoms with E-state index in [2.05, 4.69) is 9.80 Å². The lowest BCUT2D eigenvalue weighted by atomic mass is 10.0. The fraction of sp³-hybridized carbons (Fsp3) is 0.933. The Balaban J connectivity index is 1.62. The van der Waals surface area contributed by atoms with Crippen LogP contribution in [0.4, 0.5) is 0 Å². The summed E-state index contributed by atoms with van der Waals surface area (Å²) in [5.41, 5.74) is 0. The van der Waals surface area contributed by atoms with Crippen LogP contribution in [0.2, 0.25) is 0 Å². The number of carboxylic acids is 1. The summed E-state index contributed by atoms with van der Waals surface area (Å²) in [7, 11) is 0. The molecule has 0 radical (unpaired) electrons. The first-order chi connectivity index (χ1) is 9.70. The van der Waals surface area contributed by atoms with Crippen molar-refractivity contribution in [1.29, 1.82) is 0 Å². The molecule has 2 rings (SSSR count). The first-order valence-corrected chi connectivity index (χ1v) is 8.01. The van der Waals surface area contributed by atoms with Crippen molar-refractivity contribution in [2.45, 2.75) is 51.2 Å². The van der Waals surface area contributed by atoms with Crippen LogP contribution in [0, 0.1) is 0 Å². The standard InChI is InChI=1S/C15H28N2O3/c1-2-14(15(18)19)17-9-5-13(6-10-17)20-12-11-16-7-3-4-8-16/h13-14H,2-12H2,1H3,(H,18,19). The second-order valence-corrected chi connectivity index (χ2v) is 5.92. The number of rotatable bonds is 7. The number of carbonyl (C=O) groups is 1. The van der Waals surface area contributed by atoms with E-state index >= 15 is 0 Å². The van der Waals surface area contributed by atoms with E-state index in [1.807, 2.05) is 6.92 Å². The van der Waals surface area contributed by atoms with Crippen molar-refractivity contribution in [3.05, 3.63) is 0 Å². The van der Waals surface area contributed by atoms with Crippen LogP contribution >= 0.6 is 0 Å². The average Bonchev–Trinajstić information content (AvgIpc) is 2.94. The molecule has 5 nitrogen and oxygen atoms in total. The minimum absolute atomic E-state index is 0.319. The number of hydrogen-bond acceptors (Lipinski definition) is 4. The van der Waals surface area contributed by atoms with Gasteiger partial charge in [-0.3, -0.25) is 9.69 Å². The van der Waals surface area contributed by atoms with Gasteiger partial charge in [0.1, 0.15) is 6.04 Å². The van der Waals surface area contributed by atoms with Crippen LogP contribution in [0.25, 0.3) is 0 Å². The van der Waals surface area contributed by atoms with Gasteiger partial charge in [0.05, 0.1) is 12.7 Å². The van der Waals surface area contributed by atoms with Gasteiger partial charge in [-0.05, 0) is 45.2 Å². The second-order valence-electron chi connectivity index (χ2n) is 5.92. The molecule has 0 amide bonds. The maximum absolute atomic E-state index is 11.2. The molecule has 0 aliphatic carbocycles. The van der Waals surface area contributed by atoms with E-state index in [9.17, 15) is 9.90 Å². The molecule has 2 heterocycles. The van der Waals surface area contributed by atoms with Gasteiger partial charge in [-0.1, -0.05) is 6.92 Å². The molecule has 0 aromatic carbocycles. The molecule has 20 heavy (non-hydrogen) atoms. The smallest absolute Gasteiger partial charge is 0.320 e. The van der Waals surface area contributed by atoms with E-state index in [1.54, 1.807) is 0 Å².